The minimum Gasteiger partial charge on any atom is -0.457 e. The fraction of sp³-hybridized carbons (Fsp3) is 0.143. The highest BCUT2D eigenvalue weighted by Gasteiger charge is 2.10. The lowest BCUT2D eigenvalue weighted by Gasteiger charge is -2.08. The van der Waals surface area contributed by atoms with Gasteiger partial charge in [-0.2, -0.15) is 0 Å². The summed E-state index contributed by atoms with van der Waals surface area (Å²) >= 11 is 3.44. The highest BCUT2D eigenvalue weighted by Crippen LogP contribution is 2.29. The Bertz CT molecular complexity index is 1120. The third-order valence-electron chi connectivity index (χ3n) is 4.37. The van der Waals surface area contributed by atoms with Crippen molar-refractivity contribution in [1.29, 1.82) is 0 Å². The number of aryl methyl sites for hydroxylation is 1. The van der Waals surface area contributed by atoms with Crippen molar-refractivity contribution in [2.75, 3.05) is 5.32 Å². The van der Waals surface area contributed by atoms with Crippen LogP contribution in [0.2, 0.25) is 0 Å². The van der Waals surface area contributed by atoms with Crippen LogP contribution < -0.4 is 10.1 Å². The average molecular weight is 439 g/mol. The Kier molecular flexibility index (Phi) is 5.02. The summed E-state index contributed by atoms with van der Waals surface area (Å²) in [6.45, 7) is 1.67. The van der Waals surface area contributed by atoms with Crippen molar-refractivity contribution in [2.24, 2.45) is 7.05 Å². The number of benzene rings is 2. The number of halogens is 1. The van der Waals surface area contributed by atoms with E-state index in [0.717, 1.165) is 27.1 Å². The number of fused-ring (bicyclic) bond motifs is 1. The number of nitrogens with zero attached hydrogens (tertiary/aromatic N) is 3. The molecule has 2 aromatic carbocycles. The van der Waals surface area contributed by atoms with Crippen molar-refractivity contribution >= 4 is 38.6 Å². The Balaban J connectivity index is 1.60. The first kappa shape index (κ1) is 18.5. The number of anilines is 2. The summed E-state index contributed by atoms with van der Waals surface area (Å²) in [6, 6.07) is 17.2. The van der Waals surface area contributed by atoms with Gasteiger partial charge in [0, 0.05) is 35.5 Å². The number of pyridine rings is 1. The van der Waals surface area contributed by atoms with E-state index in [9.17, 15) is 5.11 Å². The quantitative estimate of drug-likeness (QED) is 0.441. The number of imidazole rings is 1. The molecule has 0 radical (unpaired) electrons. The molecule has 4 rings (SSSR count). The highest BCUT2D eigenvalue weighted by molar-refractivity contribution is 9.10. The first-order valence-corrected chi connectivity index (χ1v) is 9.60. The number of aromatic nitrogens is 3. The first-order chi connectivity index (χ1) is 13.5. The Labute approximate surface area is 171 Å². The molecular weight excluding hydrogens is 420 g/mol. The molecule has 1 unspecified atom stereocenters. The molecule has 2 N–H and O–H groups in total. The Morgan fingerprint density at radius 1 is 1.07 bits per heavy atom. The molecule has 2 heterocycles. The van der Waals surface area contributed by atoms with E-state index >= 15 is 0 Å². The van der Waals surface area contributed by atoms with E-state index < -0.39 is 6.10 Å². The fourth-order valence-corrected chi connectivity index (χ4v) is 3.14. The van der Waals surface area contributed by atoms with Gasteiger partial charge in [0.25, 0.3) is 0 Å². The van der Waals surface area contributed by atoms with E-state index in [1.54, 1.807) is 25.3 Å². The lowest BCUT2D eigenvalue weighted by molar-refractivity contribution is 0.194. The molecule has 0 aliphatic rings. The molecule has 0 aliphatic heterocycles. The molecule has 4 aromatic rings. The normalized spacial score (nSPS) is 12.1. The van der Waals surface area contributed by atoms with Crippen molar-refractivity contribution in [1.82, 2.24) is 14.5 Å². The van der Waals surface area contributed by atoms with Crippen LogP contribution in [0, 0.1) is 0 Å². The SMILES string of the molecule is CC(O)c1cc(Oc2ccc3c(c2)nc(Nc2ccc(Br)cc2)n3C)ccn1. The minimum absolute atomic E-state index is 0.567. The van der Waals surface area contributed by atoms with Gasteiger partial charge in [-0.15, -0.1) is 0 Å². The maximum atomic E-state index is 9.68. The first-order valence-electron chi connectivity index (χ1n) is 8.80. The van der Waals surface area contributed by atoms with Crippen molar-refractivity contribution < 1.29 is 9.84 Å². The average Bonchev–Trinajstić information content (AvgIpc) is 2.99. The zero-order chi connectivity index (χ0) is 19.7. The van der Waals surface area contributed by atoms with Crippen molar-refractivity contribution in [3.8, 4) is 11.5 Å². The van der Waals surface area contributed by atoms with Gasteiger partial charge in [0.2, 0.25) is 5.95 Å². The van der Waals surface area contributed by atoms with Gasteiger partial charge in [0.15, 0.2) is 0 Å². The molecule has 142 valence electrons. The van der Waals surface area contributed by atoms with Crippen LogP contribution in [-0.4, -0.2) is 19.6 Å². The zero-order valence-electron chi connectivity index (χ0n) is 15.4. The van der Waals surface area contributed by atoms with Crippen LogP contribution in [0.4, 0.5) is 11.6 Å². The highest BCUT2D eigenvalue weighted by atomic mass is 79.9. The summed E-state index contributed by atoms with van der Waals surface area (Å²) in [5.74, 6) is 2.03. The largest absolute Gasteiger partial charge is 0.457 e. The summed E-state index contributed by atoms with van der Waals surface area (Å²) in [5.41, 5.74) is 3.34. The van der Waals surface area contributed by atoms with Gasteiger partial charge in [-0.05, 0) is 49.4 Å². The third-order valence-corrected chi connectivity index (χ3v) is 4.90. The second-order valence-corrected chi connectivity index (χ2v) is 7.39. The van der Waals surface area contributed by atoms with Crippen LogP contribution >= 0.6 is 15.9 Å². The third kappa shape index (κ3) is 3.85. The maximum Gasteiger partial charge on any atom is 0.208 e. The number of ether oxygens (including phenoxy) is 1. The van der Waals surface area contributed by atoms with Crippen molar-refractivity contribution in [3.63, 3.8) is 0 Å². The number of hydrogen-bond donors (Lipinski definition) is 2. The summed E-state index contributed by atoms with van der Waals surface area (Å²) in [7, 11) is 1.97. The van der Waals surface area contributed by atoms with Crippen LogP contribution in [0.25, 0.3) is 11.0 Å². The zero-order valence-corrected chi connectivity index (χ0v) is 17.0. The summed E-state index contributed by atoms with van der Waals surface area (Å²) in [4.78, 5) is 8.82. The Morgan fingerprint density at radius 3 is 2.57 bits per heavy atom. The van der Waals surface area contributed by atoms with Gasteiger partial charge >= 0.3 is 0 Å². The maximum absolute atomic E-state index is 9.68. The molecular formula is C21H19BrN4O2. The molecule has 0 bridgehead atoms. The fourth-order valence-electron chi connectivity index (χ4n) is 2.87. The van der Waals surface area contributed by atoms with Crippen LogP contribution in [0.1, 0.15) is 18.7 Å². The van der Waals surface area contributed by atoms with Crippen LogP contribution in [0.3, 0.4) is 0 Å². The number of aliphatic hydroxyl groups is 1. The predicted octanol–water partition coefficient (Wildman–Crippen LogP) is 5.32. The Hall–Kier alpha value is -2.90. The summed E-state index contributed by atoms with van der Waals surface area (Å²) < 4.78 is 8.96. The summed E-state index contributed by atoms with van der Waals surface area (Å²) in [5, 5.41) is 13.0. The van der Waals surface area contributed by atoms with Crippen molar-refractivity contribution in [2.45, 2.75) is 13.0 Å². The summed E-state index contributed by atoms with van der Waals surface area (Å²) in [6.07, 6.45) is 0.978. The predicted molar refractivity (Wildman–Crippen MR) is 113 cm³/mol. The van der Waals surface area contributed by atoms with E-state index in [2.05, 4.69) is 31.2 Å². The van der Waals surface area contributed by atoms with Gasteiger partial charge in [-0.3, -0.25) is 4.98 Å². The molecule has 0 saturated heterocycles. The Morgan fingerprint density at radius 2 is 1.82 bits per heavy atom. The number of aliphatic hydroxyl groups excluding tert-OH is 1. The van der Waals surface area contributed by atoms with Gasteiger partial charge in [-0.25, -0.2) is 4.98 Å². The topological polar surface area (TPSA) is 72.2 Å². The van der Waals surface area contributed by atoms with Crippen LogP contribution in [0.5, 0.6) is 11.5 Å². The molecule has 0 fully saturated rings. The molecule has 0 aliphatic carbocycles. The van der Waals surface area contributed by atoms with Gasteiger partial charge in [0.1, 0.15) is 11.5 Å². The van der Waals surface area contributed by atoms with Gasteiger partial charge in [-0.1, -0.05) is 15.9 Å². The standard InChI is InChI=1S/C21H19BrN4O2/c1-13(27)18-11-17(9-10-23-18)28-16-7-8-20-19(12-16)25-21(26(20)2)24-15-5-3-14(22)4-6-15/h3-13,27H,1-2H3,(H,24,25). The molecule has 1 atom stereocenters. The van der Waals surface area contributed by atoms with Crippen LogP contribution in [0.15, 0.2) is 65.3 Å². The van der Waals surface area contributed by atoms with E-state index in [-0.39, 0.29) is 0 Å². The second-order valence-electron chi connectivity index (χ2n) is 6.47. The van der Waals surface area contributed by atoms with E-state index in [1.807, 2.05) is 54.1 Å². The number of nitrogens with one attached hydrogen (secondary N) is 1. The second kappa shape index (κ2) is 7.61. The molecule has 0 saturated carbocycles. The van der Waals surface area contributed by atoms with E-state index in [0.29, 0.717) is 17.2 Å². The van der Waals surface area contributed by atoms with Gasteiger partial charge in [0.05, 0.1) is 22.8 Å². The van der Waals surface area contributed by atoms with E-state index in [1.165, 1.54) is 0 Å². The lowest BCUT2D eigenvalue weighted by atomic mass is 10.2. The molecule has 0 amide bonds. The van der Waals surface area contributed by atoms with Crippen LogP contribution in [-0.2, 0) is 7.05 Å². The molecule has 28 heavy (non-hydrogen) atoms. The van der Waals surface area contributed by atoms with Crippen molar-refractivity contribution in [3.05, 3.63) is 71.0 Å². The smallest absolute Gasteiger partial charge is 0.208 e. The molecule has 7 heteroatoms. The molecule has 2 aromatic heterocycles. The molecule has 0 spiro atoms. The minimum atomic E-state index is -0.644. The number of hydrogen-bond acceptors (Lipinski definition) is 5. The lowest BCUT2D eigenvalue weighted by Crippen LogP contribution is -1.98. The van der Waals surface area contributed by atoms with Gasteiger partial charge < -0.3 is 19.7 Å². The van der Waals surface area contributed by atoms with E-state index in [4.69, 9.17) is 4.74 Å². The monoisotopic (exact) mass is 438 g/mol. The number of rotatable bonds is 5. The molecule has 6 nitrogen and oxygen atoms in total.